The highest BCUT2D eigenvalue weighted by molar-refractivity contribution is 5.29. The van der Waals surface area contributed by atoms with Crippen molar-refractivity contribution in [2.24, 2.45) is 0 Å². The second-order valence-electron chi connectivity index (χ2n) is 9.22. The largest absolute Gasteiger partial charge is 0.494 e. The van der Waals surface area contributed by atoms with Crippen molar-refractivity contribution in [2.45, 2.75) is 39.0 Å². The molecule has 1 aromatic heterocycles. The van der Waals surface area contributed by atoms with E-state index in [9.17, 15) is 5.11 Å². The van der Waals surface area contributed by atoms with E-state index in [-0.39, 0.29) is 13.2 Å². The lowest BCUT2D eigenvalue weighted by atomic mass is 10.1. The lowest BCUT2D eigenvalue weighted by molar-refractivity contribution is -0.0646. The number of aromatic nitrogens is 2. The van der Waals surface area contributed by atoms with Crippen LogP contribution in [0.3, 0.4) is 0 Å². The van der Waals surface area contributed by atoms with Crippen LogP contribution in [0.4, 0.5) is 0 Å². The highest BCUT2D eigenvalue weighted by Gasteiger charge is 2.33. The Kier molecular flexibility index (Phi) is 8.21. The maximum atomic E-state index is 11.2. The van der Waals surface area contributed by atoms with E-state index >= 15 is 0 Å². The number of aliphatic hydroxyl groups is 1. The SMILES string of the molecule is Cc1ccc(OC[C@]2(O)COCCN(Cc3cccc(OCCCn4cc(C)cn4)c3)C2)cc1. The van der Waals surface area contributed by atoms with E-state index in [4.69, 9.17) is 14.2 Å². The molecule has 1 fully saturated rings. The highest BCUT2D eigenvalue weighted by Crippen LogP contribution is 2.20. The van der Waals surface area contributed by atoms with Crippen LogP contribution in [0, 0.1) is 13.8 Å². The van der Waals surface area contributed by atoms with Crippen molar-refractivity contribution in [2.75, 3.05) is 39.5 Å². The Balaban J connectivity index is 1.28. The molecule has 34 heavy (non-hydrogen) atoms. The van der Waals surface area contributed by atoms with Crippen molar-refractivity contribution < 1.29 is 19.3 Å². The molecule has 0 radical (unpaired) electrons. The van der Waals surface area contributed by atoms with Gasteiger partial charge in [0.15, 0.2) is 0 Å². The van der Waals surface area contributed by atoms with Crippen LogP contribution in [0.15, 0.2) is 60.9 Å². The molecule has 1 saturated heterocycles. The quantitative estimate of drug-likeness (QED) is 0.462. The van der Waals surface area contributed by atoms with Crippen LogP contribution in [0.5, 0.6) is 11.5 Å². The normalized spacial score (nSPS) is 19.0. The molecule has 0 unspecified atom stereocenters. The third-order valence-electron chi connectivity index (χ3n) is 5.84. The molecule has 0 spiro atoms. The third kappa shape index (κ3) is 7.32. The summed E-state index contributed by atoms with van der Waals surface area (Å²) < 4.78 is 19.5. The van der Waals surface area contributed by atoms with Crippen molar-refractivity contribution in [3.8, 4) is 11.5 Å². The van der Waals surface area contributed by atoms with Gasteiger partial charge in [-0.25, -0.2) is 0 Å². The van der Waals surface area contributed by atoms with Crippen molar-refractivity contribution in [3.05, 3.63) is 77.6 Å². The number of hydrogen-bond donors (Lipinski definition) is 1. The molecule has 0 aliphatic carbocycles. The molecule has 4 rings (SSSR count). The summed E-state index contributed by atoms with van der Waals surface area (Å²) in [6, 6.07) is 16.0. The number of rotatable bonds is 10. The standard InChI is InChI=1S/C27H35N3O4/c1-22-7-9-25(10-8-22)34-21-27(31)19-29(12-14-32-20-27)18-24-5-3-6-26(15-24)33-13-4-11-30-17-23(2)16-28-30/h3,5-10,15-17,31H,4,11-14,18-21H2,1-2H3/t27-/m1/s1. The third-order valence-corrected chi connectivity index (χ3v) is 5.84. The molecule has 3 aromatic rings. The van der Waals surface area contributed by atoms with Crippen molar-refractivity contribution in [1.82, 2.24) is 14.7 Å². The molecule has 0 bridgehead atoms. The van der Waals surface area contributed by atoms with Gasteiger partial charge >= 0.3 is 0 Å². The van der Waals surface area contributed by atoms with Gasteiger partial charge in [-0.15, -0.1) is 0 Å². The van der Waals surface area contributed by atoms with Gasteiger partial charge in [0, 0.05) is 38.8 Å². The minimum Gasteiger partial charge on any atom is -0.494 e. The van der Waals surface area contributed by atoms with Gasteiger partial charge in [0.1, 0.15) is 23.7 Å². The van der Waals surface area contributed by atoms with Gasteiger partial charge in [-0.1, -0.05) is 29.8 Å². The maximum absolute atomic E-state index is 11.2. The average Bonchev–Trinajstić information content (AvgIpc) is 3.15. The molecule has 1 aliphatic rings. The summed E-state index contributed by atoms with van der Waals surface area (Å²) in [5.41, 5.74) is 2.42. The van der Waals surface area contributed by atoms with Gasteiger partial charge in [-0.05, 0) is 49.2 Å². The molecule has 1 aliphatic heterocycles. The molecule has 1 N–H and O–H groups in total. The fourth-order valence-corrected chi connectivity index (χ4v) is 4.07. The molecule has 7 nitrogen and oxygen atoms in total. The summed E-state index contributed by atoms with van der Waals surface area (Å²) in [6.07, 6.45) is 4.80. The Labute approximate surface area is 201 Å². The number of β-amino-alcohol motifs (C(OH)–C–C–N with tert-alkyl or cyclic N) is 1. The van der Waals surface area contributed by atoms with Gasteiger partial charge in [0.25, 0.3) is 0 Å². The molecule has 182 valence electrons. The molecule has 0 amide bonds. The Morgan fingerprint density at radius 2 is 1.91 bits per heavy atom. The molecule has 1 atom stereocenters. The van der Waals surface area contributed by atoms with E-state index in [0.29, 0.717) is 26.3 Å². The Bertz CT molecular complexity index is 1040. The second kappa shape index (κ2) is 11.5. The zero-order valence-corrected chi connectivity index (χ0v) is 20.2. The molecular weight excluding hydrogens is 430 g/mol. The van der Waals surface area contributed by atoms with Crippen LogP contribution in [-0.2, 0) is 17.8 Å². The van der Waals surface area contributed by atoms with Crippen LogP contribution in [0.1, 0.15) is 23.1 Å². The lowest BCUT2D eigenvalue weighted by Crippen LogP contribution is -2.48. The first-order valence-electron chi connectivity index (χ1n) is 11.9. The van der Waals surface area contributed by atoms with E-state index in [1.807, 2.05) is 67.3 Å². The van der Waals surface area contributed by atoms with E-state index in [1.54, 1.807) is 0 Å². The zero-order valence-electron chi connectivity index (χ0n) is 20.2. The topological polar surface area (TPSA) is 69.0 Å². The first-order chi connectivity index (χ1) is 16.5. The van der Waals surface area contributed by atoms with Gasteiger partial charge in [-0.2, -0.15) is 5.10 Å². The lowest BCUT2D eigenvalue weighted by Gasteiger charge is -2.30. The number of nitrogens with zero attached hydrogens (tertiary/aromatic N) is 3. The van der Waals surface area contributed by atoms with Crippen LogP contribution < -0.4 is 9.47 Å². The monoisotopic (exact) mass is 465 g/mol. The predicted octanol–water partition coefficient (Wildman–Crippen LogP) is 3.61. The van der Waals surface area contributed by atoms with E-state index < -0.39 is 5.60 Å². The van der Waals surface area contributed by atoms with Gasteiger partial charge < -0.3 is 19.3 Å². The summed E-state index contributed by atoms with van der Waals surface area (Å²) >= 11 is 0. The smallest absolute Gasteiger partial charge is 0.134 e. The van der Waals surface area contributed by atoms with Crippen molar-refractivity contribution in [3.63, 3.8) is 0 Å². The number of hydrogen-bond acceptors (Lipinski definition) is 6. The summed E-state index contributed by atoms with van der Waals surface area (Å²) in [6.45, 7) is 8.51. The molecule has 2 aromatic carbocycles. The predicted molar refractivity (Wildman–Crippen MR) is 131 cm³/mol. The van der Waals surface area contributed by atoms with E-state index in [2.05, 4.69) is 22.1 Å². The summed E-state index contributed by atoms with van der Waals surface area (Å²) in [5.74, 6) is 1.61. The van der Waals surface area contributed by atoms with Crippen molar-refractivity contribution >= 4 is 0 Å². The molecule has 7 heteroatoms. The first-order valence-corrected chi connectivity index (χ1v) is 11.9. The Morgan fingerprint density at radius 1 is 1.06 bits per heavy atom. The molecule has 2 heterocycles. The fraction of sp³-hybridized carbons (Fsp3) is 0.444. The van der Waals surface area contributed by atoms with Gasteiger partial charge in [0.05, 0.1) is 26.0 Å². The van der Waals surface area contributed by atoms with Crippen LogP contribution in [-0.4, -0.2) is 64.9 Å². The minimum absolute atomic E-state index is 0.186. The number of benzene rings is 2. The van der Waals surface area contributed by atoms with E-state index in [0.717, 1.165) is 36.6 Å². The van der Waals surface area contributed by atoms with Gasteiger partial charge in [0.2, 0.25) is 0 Å². The number of ether oxygens (including phenoxy) is 3. The Hall–Kier alpha value is -2.87. The Morgan fingerprint density at radius 3 is 2.71 bits per heavy atom. The fourth-order valence-electron chi connectivity index (χ4n) is 4.07. The zero-order chi connectivity index (χ0) is 23.8. The average molecular weight is 466 g/mol. The summed E-state index contributed by atoms with van der Waals surface area (Å²) in [4.78, 5) is 2.21. The molecule has 0 saturated carbocycles. The molecular formula is C27H35N3O4. The number of aryl methyl sites for hydroxylation is 3. The van der Waals surface area contributed by atoms with Crippen LogP contribution >= 0.6 is 0 Å². The van der Waals surface area contributed by atoms with Crippen LogP contribution in [0.25, 0.3) is 0 Å². The van der Waals surface area contributed by atoms with Gasteiger partial charge in [-0.3, -0.25) is 9.58 Å². The maximum Gasteiger partial charge on any atom is 0.134 e. The van der Waals surface area contributed by atoms with E-state index in [1.165, 1.54) is 11.1 Å². The first kappa shape index (κ1) is 24.3. The second-order valence-corrected chi connectivity index (χ2v) is 9.22. The summed E-state index contributed by atoms with van der Waals surface area (Å²) in [7, 11) is 0. The minimum atomic E-state index is -1.07. The summed E-state index contributed by atoms with van der Waals surface area (Å²) in [5, 5.41) is 15.5. The van der Waals surface area contributed by atoms with Crippen LogP contribution in [0.2, 0.25) is 0 Å². The highest BCUT2D eigenvalue weighted by atomic mass is 16.5. The van der Waals surface area contributed by atoms with Crippen molar-refractivity contribution in [1.29, 1.82) is 0 Å².